The molecule has 0 bridgehead atoms. The van der Waals surface area contributed by atoms with Crippen molar-refractivity contribution in [1.29, 1.82) is 0 Å². The smallest absolute Gasteiger partial charge is 0.229 e. The van der Waals surface area contributed by atoms with E-state index in [9.17, 15) is 4.39 Å². The number of anilines is 1. The summed E-state index contributed by atoms with van der Waals surface area (Å²) in [4.78, 5) is 4.12. The number of benzene rings is 1. The number of aryl methyl sites for hydroxylation is 2. The van der Waals surface area contributed by atoms with Gasteiger partial charge in [0.25, 0.3) is 0 Å². The predicted molar refractivity (Wildman–Crippen MR) is 55.8 cm³/mol. The van der Waals surface area contributed by atoms with Gasteiger partial charge in [-0.05, 0) is 32.0 Å². The molecule has 1 heterocycles. The highest BCUT2D eigenvalue weighted by Crippen LogP contribution is 2.25. The van der Waals surface area contributed by atoms with E-state index in [-0.39, 0.29) is 0 Å². The first-order valence-electron chi connectivity index (χ1n) is 4.57. The molecule has 3 nitrogen and oxygen atoms in total. The van der Waals surface area contributed by atoms with Gasteiger partial charge < -0.3 is 10.2 Å². The van der Waals surface area contributed by atoms with Gasteiger partial charge in [-0.2, -0.15) is 0 Å². The molecule has 0 aliphatic carbocycles. The molecule has 0 fully saturated rings. The van der Waals surface area contributed by atoms with E-state index in [1.165, 1.54) is 6.07 Å². The number of hydrogen-bond acceptors (Lipinski definition) is 3. The third-order valence-corrected chi connectivity index (χ3v) is 2.25. The highest BCUT2D eigenvalue weighted by Gasteiger charge is 2.12. The van der Waals surface area contributed by atoms with Crippen molar-refractivity contribution in [3.8, 4) is 11.5 Å². The maximum Gasteiger partial charge on any atom is 0.229 e. The van der Waals surface area contributed by atoms with Gasteiger partial charge in [0.2, 0.25) is 5.89 Å². The van der Waals surface area contributed by atoms with Gasteiger partial charge in [0.15, 0.2) is 0 Å². The number of aromatic nitrogens is 1. The van der Waals surface area contributed by atoms with Crippen molar-refractivity contribution in [1.82, 2.24) is 4.98 Å². The average molecular weight is 206 g/mol. The minimum atomic E-state index is -0.420. The molecule has 0 spiro atoms. The van der Waals surface area contributed by atoms with Crippen LogP contribution in [0.15, 0.2) is 22.6 Å². The first-order valence-corrected chi connectivity index (χ1v) is 4.57. The molecule has 1 aromatic heterocycles. The molecular formula is C11H11FN2O. The molecule has 0 saturated heterocycles. The molecule has 1 aromatic carbocycles. The van der Waals surface area contributed by atoms with Crippen LogP contribution in [0.1, 0.15) is 11.5 Å². The van der Waals surface area contributed by atoms with Crippen molar-refractivity contribution >= 4 is 5.69 Å². The Morgan fingerprint density at radius 3 is 2.60 bits per heavy atom. The van der Waals surface area contributed by atoms with Gasteiger partial charge in [-0.25, -0.2) is 9.37 Å². The van der Waals surface area contributed by atoms with Crippen LogP contribution in [0.4, 0.5) is 10.1 Å². The Balaban J connectivity index is 2.54. The minimum absolute atomic E-state index is 0.294. The Hall–Kier alpha value is -1.84. The molecule has 2 N–H and O–H groups in total. The molecule has 78 valence electrons. The van der Waals surface area contributed by atoms with Crippen LogP contribution < -0.4 is 5.73 Å². The van der Waals surface area contributed by atoms with Crippen LogP contribution in [0, 0.1) is 19.7 Å². The lowest BCUT2D eigenvalue weighted by Gasteiger charge is -1.98. The quantitative estimate of drug-likeness (QED) is 0.730. The number of nitrogen functional groups attached to an aromatic ring is 1. The molecule has 2 rings (SSSR count). The molecule has 0 atom stereocenters. The zero-order chi connectivity index (χ0) is 11.0. The van der Waals surface area contributed by atoms with Crippen LogP contribution in [-0.4, -0.2) is 4.98 Å². The first-order chi connectivity index (χ1) is 7.08. The zero-order valence-electron chi connectivity index (χ0n) is 8.54. The van der Waals surface area contributed by atoms with Crippen LogP contribution >= 0.6 is 0 Å². The third kappa shape index (κ3) is 1.70. The zero-order valence-corrected chi connectivity index (χ0v) is 8.54. The van der Waals surface area contributed by atoms with Gasteiger partial charge >= 0.3 is 0 Å². The molecule has 0 amide bonds. The topological polar surface area (TPSA) is 52.0 Å². The lowest BCUT2D eigenvalue weighted by Crippen LogP contribution is -1.89. The number of oxazole rings is 1. The van der Waals surface area contributed by atoms with Crippen LogP contribution in [0.25, 0.3) is 11.5 Å². The van der Waals surface area contributed by atoms with E-state index in [4.69, 9.17) is 10.2 Å². The molecule has 4 heteroatoms. The van der Waals surface area contributed by atoms with Gasteiger partial charge in [0.1, 0.15) is 11.6 Å². The lowest BCUT2D eigenvalue weighted by atomic mass is 10.2. The molecule has 0 aliphatic heterocycles. The van der Waals surface area contributed by atoms with Crippen LogP contribution in [0.2, 0.25) is 0 Å². The first kappa shape index (κ1) is 9.71. The second-order valence-electron chi connectivity index (χ2n) is 3.40. The van der Waals surface area contributed by atoms with Gasteiger partial charge in [0, 0.05) is 5.69 Å². The lowest BCUT2D eigenvalue weighted by molar-refractivity contribution is 0.533. The highest BCUT2D eigenvalue weighted by atomic mass is 19.1. The highest BCUT2D eigenvalue weighted by molar-refractivity contribution is 5.58. The van der Waals surface area contributed by atoms with Crippen molar-refractivity contribution in [3.63, 3.8) is 0 Å². The Kier molecular flexibility index (Phi) is 2.19. The molecule has 0 radical (unpaired) electrons. The van der Waals surface area contributed by atoms with Crippen LogP contribution in [-0.2, 0) is 0 Å². The minimum Gasteiger partial charge on any atom is -0.441 e. The Morgan fingerprint density at radius 1 is 1.33 bits per heavy atom. The van der Waals surface area contributed by atoms with E-state index in [2.05, 4.69) is 4.98 Å². The van der Waals surface area contributed by atoms with Crippen molar-refractivity contribution in [2.75, 3.05) is 5.73 Å². The molecule has 0 unspecified atom stereocenters. The molecule has 2 aromatic rings. The number of nitrogens with zero attached hydrogens (tertiary/aromatic N) is 1. The van der Waals surface area contributed by atoms with Crippen molar-refractivity contribution < 1.29 is 8.81 Å². The summed E-state index contributed by atoms with van der Waals surface area (Å²) in [5.41, 5.74) is 6.93. The van der Waals surface area contributed by atoms with E-state index >= 15 is 0 Å². The molecule has 0 saturated carbocycles. The fourth-order valence-electron chi connectivity index (χ4n) is 1.29. The summed E-state index contributed by atoms with van der Waals surface area (Å²) in [6.45, 7) is 3.61. The van der Waals surface area contributed by atoms with E-state index in [0.717, 1.165) is 5.69 Å². The molecular weight excluding hydrogens is 195 g/mol. The van der Waals surface area contributed by atoms with E-state index in [1.807, 2.05) is 6.92 Å². The number of nitrogens with two attached hydrogens (primary N) is 1. The second-order valence-corrected chi connectivity index (χ2v) is 3.40. The summed E-state index contributed by atoms with van der Waals surface area (Å²) in [6.07, 6.45) is 0. The van der Waals surface area contributed by atoms with Gasteiger partial charge in [-0.3, -0.25) is 0 Å². The molecule has 0 aliphatic rings. The van der Waals surface area contributed by atoms with Crippen LogP contribution in [0.5, 0.6) is 0 Å². The van der Waals surface area contributed by atoms with Crippen LogP contribution in [0.3, 0.4) is 0 Å². The second kappa shape index (κ2) is 3.38. The van der Waals surface area contributed by atoms with Crippen molar-refractivity contribution in [2.45, 2.75) is 13.8 Å². The van der Waals surface area contributed by atoms with Crippen molar-refractivity contribution in [2.24, 2.45) is 0 Å². The standard InChI is InChI=1S/C11H11FN2O/c1-6-7(2)15-11(14-6)9-4-3-8(13)5-10(9)12/h3-5H,13H2,1-2H3. The maximum atomic E-state index is 13.5. The third-order valence-electron chi connectivity index (χ3n) is 2.25. The van der Waals surface area contributed by atoms with Gasteiger partial charge in [-0.15, -0.1) is 0 Å². The summed E-state index contributed by atoms with van der Waals surface area (Å²) in [6, 6.07) is 4.44. The molecule has 15 heavy (non-hydrogen) atoms. The van der Waals surface area contributed by atoms with E-state index in [0.29, 0.717) is 22.9 Å². The predicted octanol–water partition coefficient (Wildman–Crippen LogP) is 2.68. The SMILES string of the molecule is Cc1nc(-c2ccc(N)cc2F)oc1C. The normalized spacial score (nSPS) is 10.6. The number of rotatable bonds is 1. The largest absolute Gasteiger partial charge is 0.441 e. The fraction of sp³-hybridized carbons (Fsp3) is 0.182. The average Bonchev–Trinajstić information content (AvgIpc) is 2.46. The summed E-state index contributed by atoms with van der Waals surface area (Å²) in [5, 5.41) is 0. The van der Waals surface area contributed by atoms with Gasteiger partial charge in [0.05, 0.1) is 11.3 Å². The maximum absolute atomic E-state index is 13.5. The van der Waals surface area contributed by atoms with E-state index < -0.39 is 5.82 Å². The van der Waals surface area contributed by atoms with E-state index in [1.54, 1.807) is 19.1 Å². The van der Waals surface area contributed by atoms with Gasteiger partial charge in [-0.1, -0.05) is 0 Å². The Labute approximate surface area is 86.7 Å². The Morgan fingerprint density at radius 2 is 2.07 bits per heavy atom. The summed E-state index contributed by atoms with van der Waals surface area (Å²) in [7, 11) is 0. The summed E-state index contributed by atoms with van der Waals surface area (Å²) >= 11 is 0. The van der Waals surface area contributed by atoms with Crippen molar-refractivity contribution in [3.05, 3.63) is 35.5 Å². The number of hydrogen-bond donors (Lipinski definition) is 1. The fourth-order valence-corrected chi connectivity index (χ4v) is 1.29. The summed E-state index contributed by atoms with van der Waals surface area (Å²) < 4.78 is 18.8. The number of halogens is 1. The Bertz CT molecular complexity index is 486. The monoisotopic (exact) mass is 206 g/mol. The summed E-state index contributed by atoms with van der Waals surface area (Å²) in [5.74, 6) is 0.569.